The summed E-state index contributed by atoms with van der Waals surface area (Å²) in [6.07, 6.45) is -0.794. The van der Waals surface area contributed by atoms with Crippen molar-refractivity contribution in [2.75, 3.05) is 0 Å². The van der Waals surface area contributed by atoms with Gasteiger partial charge in [0, 0.05) is 16.5 Å². The Hall–Kier alpha value is -3.50. The minimum atomic E-state index is -1.03. The van der Waals surface area contributed by atoms with Crippen LogP contribution in [0.3, 0.4) is 0 Å². The van der Waals surface area contributed by atoms with Crippen molar-refractivity contribution in [2.24, 2.45) is 0 Å². The highest BCUT2D eigenvalue weighted by molar-refractivity contribution is 6.30. The number of benzene rings is 3. The van der Waals surface area contributed by atoms with Crippen molar-refractivity contribution < 1.29 is 17.9 Å². The molecule has 0 fully saturated rings. The van der Waals surface area contributed by atoms with E-state index in [1.54, 1.807) is 31.2 Å². The van der Waals surface area contributed by atoms with Gasteiger partial charge in [0.1, 0.15) is 6.10 Å². The average Bonchev–Trinajstić information content (AvgIpc) is 3.08. The molecule has 0 aliphatic carbocycles. The minimum Gasteiger partial charge on any atom is -0.481 e. The normalized spacial score (nSPS) is 12.0. The fraction of sp³-hybridized carbons (Fsp3) is 0.0909. The number of aromatic nitrogens is 2. The average molecular weight is 428 g/mol. The van der Waals surface area contributed by atoms with Gasteiger partial charge in [0.25, 0.3) is 0 Å². The fourth-order valence-corrected chi connectivity index (χ4v) is 3.31. The summed E-state index contributed by atoms with van der Waals surface area (Å²) in [5.41, 5.74) is 1.36. The Morgan fingerprint density at radius 1 is 1.00 bits per heavy atom. The molecular weight excluding hydrogens is 415 g/mol. The third-order valence-corrected chi connectivity index (χ3v) is 4.82. The Labute approximate surface area is 174 Å². The number of nitriles is 1. The number of ether oxygens (including phenoxy) is 1. The van der Waals surface area contributed by atoms with Crippen molar-refractivity contribution >= 4 is 22.5 Å². The van der Waals surface area contributed by atoms with Crippen LogP contribution in [0.1, 0.15) is 24.3 Å². The lowest BCUT2D eigenvalue weighted by atomic mass is 10.1. The van der Waals surface area contributed by atoms with Crippen LogP contribution in [-0.4, -0.2) is 9.78 Å². The van der Waals surface area contributed by atoms with Gasteiger partial charge in [-0.15, -0.1) is 0 Å². The first-order valence-electron chi connectivity index (χ1n) is 8.87. The number of nitrogens with zero attached hydrogens (tertiary/aromatic N) is 3. The molecule has 4 aromatic rings. The molecule has 0 spiro atoms. The van der Waals surface area contributed by atoms with Gasteiger partial charge in [0.05, 0.1) is 28.5 Å². The van der Waals surface area contributed by atoms with E-state index in [-0.39, 0.29) is 16.8 Å². The van der Waals surface area contributed by atoms with E-state index in [4.69, 9.17) is 21.6 Å². The molecule has 150 valence electrons. The van der Waals surface area contributed by atoms with Crippen molar-refractivity contribution in [2.45, 2.75) is 13.0 Å². The van der Waals surface area contributed by atoms with Crippen LogP contribution >= 0.6 is 11.6 Å². The summed E-state index contributed by atoms with van der Waals surface area (Å²) in [6, 6.07) is 14.4. The van der Waals surface area contributed by atoms with Crippen molar-refractivity contribution in [1.29, 1.82) is 5.26 Å². The minimum absolute atomic E-state index is 0.0823. The van der Waals surface area contributed by atoms with E-state index in [1.807, 2.05) is 6.07 Å². The number of rotatable bonds is 4. The summed E-state index contributed by atoms with van der Waals surface area (Å²) in [5.74, 6) is -2.85. The van der Waals surface area contributed by atoms with E-state index in [1.165, 1.54) is 16.8 Å². The molecule has 0 amide bonds. The SMILES string of the molecule is CC(Oc1ccc(C#N)cc1F)c1c2cc(F)c(F)cc2nn1-c1ccc(Cl)cc1. The molecule has 0 N–H and O–H groups in total. The maximum absolute atomic E-state index is 14.3. The molecule has 3 aromatic carbocycles. The standard InChI is InChI=1S/C22H13ClF3N3O/c1-12(30-21-7-2-13(11-27)8-19(21)26)22-16-9-17(24)18(25)10-20(16)28-29(22)15-5-3-14(23)4-6-15/h2-10,12H,1H3. The second-order valence-corrected chi connectivity index (χ2v) is 7.01. The molecule has 30 heavy (non-hydrogen) atoms. The van der Waals surface area contributed by atoms with Crippen LogP contribution in [0, 0.1) is 28.8 Å². The lowest BCUT2D eigenvalue weighted by Gasteiger charge is -2.18. The first kappa shape index (κ1) is 19.8. The van der Waals surface area contributed by atoms with Crippen LogP contribution in [0.4, 0.5) is 13.2 Å². The number of halogens is 4. The van der Waals surface area contributed by atoms with E-state index in [0.29, 0.717) is 21.8 Å². The lowest BCUT2D eigenvalue weighted by molar-refractivity contribution is 0.210. The summed E-state index contributed by atoms with van der Waals surface area (Å²) in [6.45, 7) is 1.64. The van der Waals surface area contributed by atoms with E-state index < -0.39 is 23.6 Å². The van der Waals surface area contributed by atoms with Crippen LogP contribution < -0.4 is 4.74 Å². The Kier molecular flexibility index (Phi) is 5.10. The number of hydrogen-bond acceptors (Lipinski definition) is 3. The third kappa shape index (κ3) is 3.58. The van der Waals surface area contributed by atoms with Gasteiger partial charge in [0.15, 0.2) is 23.2 Å². The van der Waals surface area contributed by atoms with Crippen molar-refractivity contribution in [3.05, 3.63) is 88.3 Å². The first-order chi connectivity index (χ1) is 14.4. The molecule has 1 aromatic heterocycles. The maximum Gasteiger partial charge on any atom is 0.166 e. The largest absolute Gasteiger partial charge is 0.481 e. The highest BCUT2D eigenvalue weighted by atomic mass is 35.5. The summed E-state index contributed by atoms with van der Waals surface area (Å²) in [4.78, 5) is 0. The van der Waals surface area contributed by atoms with E-state index in [9.17, 15) is 13.2 Å². The van der Waals surface area contributed by atoms with Gasteiger partial charge in [-0.1, -0.05) is 11.6 Å². The second-order valence-electron chi connectivity index (χ2n) is 6.57. The molecule has 0 aliphatic heterocycles. The molecule has 0 saturated carbocycles. The van der Waals surface area contributed by atoms with Gasteiger partial charge in [-0.2, -0.15) is 10.4 Å². The Bertz CT molecular complexity index is 1300. The predicted octanol–water partition coefficient (Wildman–Crippen LogP) is 6.11. The zero-order valence-corrected chi connectivity index (χ0v) is 16.3. The molecule has 0 saturated heterocycles. The predicted molar refractivity (Wildman–Crippen MR) is 106 cm³/mol. The van der Waals surface area contributed by atoms with E-state index >= 15 is 0 Å². The molecule has 0 radical (unpaired) electrons. The van der Waals surface area contributed by atoms with Gasteiger partial charge in [-0.3, -0.25) is 0 Å². The Morgan fingerprint density at radius 2 is 1.70 bits per heavy atom. The van der Waals surface area contributed by atoms with Gasteiger partial charge in [-0.25, -0.2) is 17.9 Å². The highest BCUT2D eigenvalue weighted by Gasteiger charge is 2.23. The quantitative estimate of drug-likeness (QED) is 0.395. The fourth-order valence-electron chi connectivity index (χ4n) is 3.18. The zero-order valence-electron chi connectivity index (χ0n) is 15.5. The van der Waals surface area contributed by atoms with Gasteiger partial charge in [0.2, 0.25) is 0 Å². The van der Waals surface area contributed by atoms with Crippen LogP contribution in [-0.2, 0) is 0 Å². The first-order valence-corrected chi connectivity index (χ1v) is 9.25. The summed E-state index contributed by atoms with van der Waals surface area (Å²) in [5, 5.41) is 14.1. The topological polar surface area (TPSA) is 50.8 Å². The molecule has 0 bridgehead atoms. The zero-order chi connectivity index (χ0) is 21.4. The van der Waals surface area contributed by atoms with E-state index in [2.05, 4.69) is 5.10 Å². The molecule has 8 heteroatoms. The lowest BCUT2D eigenvalue weighted by Crippen LogP contribution is -2.11. The molecular formula is C22H13ClF3N3O. The number of fused-ring (bicyclic) bond motifs is 1. The molecule has 1 atom stereocenters. The summed E-state index contributed by atoms with van der Waals surface area (Å²) < 4.78 is 49.3. The highest BCUT2D eigenvalue weighted by Crippen LogP contribution is 2.33. The Morgan fingerprint density at radius 3 is 2.37 bits per heavy atom. The molecule has 4 nitrogen and oxygen atoms in total. The van der Waals surface area contributed by atoms with Crippen LogP contribution in [0.2, 0.25) is 5.02 Å². The third-order valence-electron chi connectivity index (χ3n) is 4.57. The van der Waals surface area contributed by atoms with Gasteiger partial charge >= 0.3 is 0 Å². The summed E-state index contributed by atoms with van der Waals surface area (Å²) in [7, 11) is 0. The monoisotopic (exact) mass is 427 g/mol. The molecule has 1 heterocycles. The van der Waals surface area contributed by atoms with Gasteiger partial charge < -0.3 is 4.74 Å². The molecule has 0 aliphatic rings. The number of hydrogen-bond donors (Lipinski definition) is 0. The van der Waals surface area contributed by atoms with Crippen LogP contribution in [0.15, 0.2) is 54.6 Å². The summed E-state index contributed by atoms with van der Waals surface area (Å²) >= 11 is 5.95. The van der Waals surface area contributed by atoms with Crippen molar-refractivity contribution in [3.8, 4) is 17.5 Å². The van der Waals surface area contributed by atoms with E-state index in [0.717, 1.165) is 18.2 Å². The molecule has 1 unspecified atom stereocenters. The Balaban J connectivity index is 1.85. The molecule has 4 rings (SSSR count). The van der Waals surface area contributed by atoms with Crippen molar-refractivity contribution in [1.82, 2.24) is 9.78 Å². The maximum atomic E-state index is 14.3. The van der Waals surface area contributed by atoms with Gasteiger partial charge in [-0.05, 0) is 55.5 Å². The van der Waals surface area contributed by atoms with Crippen LogP contribution in [0.25, 0.3) is 16.6 Å². The second kappa shape index (κ2) is 7.73. The van der Waals surface area contributed by atoms with Crippen LogP contribution in [0.5, 0.6) is 5.75 Å². The van der Waals surface area contributed by atoms with Crippen molar-refractivity contribution in [3.63, 3.8) is 0 Å². The smallest absolute Gasteiger partial charge is 0.166 e.